The monoisotopic (exact) mass is 860 g/mol. The van der Waals surface area contributed by atoms with E-state index >= 15 is 0 Å². The molecule has 64 heavy (non-hydrogen) atoms. The predicted octanol–water partition coefficient (Wildman–Crippen LogP) is 17.1. The minimum atomic E-state index is -0.888. The molecule has 4 heteroatoms. The molecule has 300 valence electrons. The average molecular weight is 861 g/mol. The largest absolute Gasteiger partial charge is 0.309 e. The summed E-state index contributed by atoms with van der Waals surface area (Å²) in [4.78, 5) is 1.08. The Bertz CT molecular complexity index is 5470. The number of hydrogen-bond donors (Lipinski definition) is 0. The molecule has 0 unspecified atom stereocenters. The fourth-order valence-electron chi connectivity index (χ4n) is 8.43. The Hall–Kier alpha value is -8.18. The lowest BCUT2D eigenvalue weighted by atomic mass is 9.95. The Morgan fingerprint density at radius 2 is 1.14 bits per heavy atom. The summed E-state index contributed by atoms with van der Waals surface area (Å²) < 4.78 is 251. The molecule has 3 aromatic heterocycles. The van der Waals surface area contributed by atoms with Gasteiger partial charge in [-0.15, -0.1) is 11.3 Å². The van der Waals surface area contributed by atoms with Crippen molar-refractivity contribution in [2.45, 2.75) is 0 Å². The van der Waals surface area contributed by atoms with Crippen molar-refractivity contribution in [2.75, 3.05) is 4.90 Å². The summed E-state index contributed by atoms with van der Waals surface area (Å²) in [5, 5.41) is -0.873. The molecule has 0 bridgehead atoms. The Labute approximate surface area is 412 Å². The standard InChI is InChI=1S/C60H39N3S/c1-4-19-40(20-5-1)42-37-50(41-21-6-2-7-22-41)59-51(38-42)48-30-17-34-55(60(48)63(59)43-23-8-3-9-24-43)62(54-33-18-36-57-58(54)49-29-12-15-35-56(49)64-57)45-26-16-25-44(39-45)61-52-31-13-10-27-46(52)47-28-11-14-32-53(47)61/h1-39H/i1D,2D,3D,4D,5D,6D,7D,8D,10D,11D,13D,14D,15D,16D,18D,19D,21D,25D,26D,27D,28D,30D,33D,34D,35D,36D,38D. The van der Waals surface area contributed by atoms with E-state index in [0.717, 1.165) is 52.6 Å². The van der Waals surface area contributed by atoms with Crippen LogP contribution in [0, 0.1) is 0 Å². The highest BCUT2D eigenvalue weighted by Crippen LogP contribution is 2.50. The highest BCUT2D eigenvalue weighted by molar-refractivity contribution is 7.26. The summed E-state index contributed by atoms with van der Waals surface area (Å²) in [5.41, 5.74) is -3.76. The summed E-state index contributed by atoms with van der Waals surface area (Å²) in [6.45, 7) is 0. The number of fused-ring (bicyclic) bond motifs is 9. The van der Waals surface area contributed by atoms with Crippen molar-refractivity contribution in [1.29, 1.82) is 0 Å². The summed E-state index contributed by atoms with van der Waals surface area (Å²) in [5.74, 6) is 0. The quantitative estimate of drug-likeness (QED) is 0.156. The molecule has 0 amide bonds. The van der Waals surface area contributed by atoms with Gasteiger partial charge in [-0.2, -0.15) is 0 Å². The van der Waals surface area contributed by atoms with E-state index in [1.807, 2.05) is 0 Å². The van der Waals surface area contributed by atoms with Crippen molar-refractivity contribution in [1.82, 2.24) is 9.13 Å². The number of thiophene rings is 1. The SMILES string of the molecule is [2H]c1ccc(-n2c3c(-c4cc([2H])c([2H])c([2H])c4[2H])cc(-c4cc([2H])c([2H])c([2H])c4[2H])c([2H])c3c3c([2H])cc([2H])c(N(c4cc(-n5c6cc([2H])c([2H])c([2H])c6c6c([2H])c([2H])c([2H])cc65)c([2H])c([2H])c4[2H])c4c([2H])c([2H])c([2H])c5sc6c([2H])c([2H])ccc6c45)c32)cc1[2H]. The van der Waals surface area contributed by atoms with E-state index in [0.29, 0.717) is 0 Å². The van der Waals surface area contributed by atoms with Gasteiger partial charge < -0.3 is 14.0 Å². The Morgan fingerprint density at radius 3 is 1.98 bits per heavy atom. The van der Waals surface area contributed by atoms with Gasteiger partial charge in [0.25, 0.3) is 0 Å². The van der Waals surface area contributed by atoms with Crippen molar-refractivity contribution in [3.05, 3.63) is 236 Å². The molecule has 0 radical (unpaired) electrons. The number of anilines is 3. The Kier molecular flexibility index (Phi) is 4.29. The minimum absolute atomic E-state index is 0.0573. The summed E-state index contributed by atoms with van der Waals surface area (Å²) in [6, 6.07) is -1.71. The first-order chi connectivity index (χ1) is 42.9. The fraction of sp³-hybridized carbons (Fsp3) is 0. The lowest BCUT2D eigenvalue weighted by molar-refractivity contribution is 1.16. The molecule has 3 nitrogen and oxygen atoms in total. The third-order valence-corrected chi connectivity index (χ3v) is 12.1. The van der Waals surface area contributed by atoms with Crippen molar-refractivity contribution in [3.8, 4) is 33.6 Å². The number of hydrogen-bond acceptors (Lipinski definition) is 2. The molecule has 10 aromatic carbocycles. The molecule has 0 atom stereocenters. The number of aromatic nitrogens is 2. The maximum absolute atomic E-state index is 10.3. The van der Waals surface area contributed by atoms with Crippen molar-refractivity contribution in [2.24, 2.45) is 0 Å². The van der Waals surface area contributed by atoms with E-state index in [1.54, 1.807) is 0 Å². The molecule has 3 heterocycles. The van der Waals surface area contributed by atoms with E-state index in [-0.39, 0.29) is 116 Å². The molecule has 0 aliphatic heterocycles. The number of rotatable bonds is 7. The van der Waals surface area contributed by atoms with E-state index in [2.05, 4.69) is 0 Å². The van der Waals surface area contributed by atoms with Gasteiger partial charge in [0.05, 0.1) is 70.5 Å². The lowest BCUT2D eigenvalue weighted by Gasteiger charge is -2.28. The maximum atomic E-state index is 10.3. The summed E-state index contributed by atoms with van der Waals surface area (Å²) in [6.07, 6.45) is 0. The van der Waals surface area contributed by atoms with Gasteiger partial charge in [-0.05, 0) is 95.4 Å². The van der Waals surface area contributed by atoms with Gasteiger partial charge in [0.1, 0.15) is 0 Å². The highest BCUT2D eigenvalue weighted by atomic mass is 32.1. The average Bonchev–Trinajstić information content (AvgIpc) is 1.57. The van der Waals surface area contributed by atoms with E-state index in [9.17, 15) is 13.7 Å². The zero-order valence-electron chi connectivity index (χ0n) is 59.7. The van der Waals surface area contributed by atoms with E-state index < -0.39 is 162 Å². The smallest absolute Gasteiger partial charge is 0.0782 e. The Balaban J connectivity index is 1.33. The van der Waals surface area contributed by atoms with Gasteiger partial charge in [-0.1, -0.05) is 157 Å². The van der Waals surface area contributed by atoms with Gasteiger partial charge in [0.2, 0.25) is 0 Å². The first-order valence-electron chi connectivity index (χ1n) is 33.1. The molecule has 13 rings (SSSR count). The van der Waals surface area contributed by atoms with Gasteiger partial charge in [-0.25, -0.2) is 0 Å². The highest BCUT2D eigenvalue weighted by Gasteiger charge is 2.26. The molecule has 0 saturated heterocycles. The van der Waals surface area contributed by atoms with Crippen LogP contribution in [0.2, 0.25) is 0 Å². The van der Waals surface area contributed by atoms with Crippen LogP contribution in [0.15, 0.2) is 236 Å². The maximum Gasteiger partial charge on any atom is 0.0782 e. The van der Waals surface area contributed by atoms with Crippen LogP contribution in [0.1, 0.15) is 37.0 Å². The molecular formula is C60H39N3S. The number of benzene rings is 10. The fourth-order valence-corrected chi connectivity index (χ4v) is 9.44. The van der Waals surface area contributed by atoms with E-state index in [1.165, 1.54) is 45.5 Å². The van der Waals surface area contributed by atoms with Crippen molar-refractivity contribution >= 4 is 92.2 Å². The van der Waals surface area contributed by atoms with E-state index in [4.69, 9.17) is 23.3 Å². The minimum Gasteiger partial charge on any atom is -0.309 e. The molecule has 0 aliphatic carbocycles. The van der Waals surface area contributed by atoms with Crippen molar-refractivity contribution < 1.29 is 37.0 Å². The lowest BCUT2D eigenvalue weighted by Crippen LogP contribution is -2.12. The normalized spacial score (nSPS) is 17.7. The summed E-state index contributed by atoms with van der Waals surface area (Å²) >= 11 is 0.816. The number of para-hydroxylation sites is 4. The van der Waals surface area contributed by atoms with Crippen LogP contribution < -0.4 is 4.90 Å². The first kappa shape index (κ1) is 18.7. The van der Waals surface area contributed by atoms with Crippen LogP contribution in [0.4, 0.5) is 17.1 Å². The van der Waals surface area contributed by atoms with Gasteiger partial charge in [0, 0.05) is 64.3 Å². The van der Waals surface area contributed by atoms with Crippen LogP contribution in [0.5, 0.6) is 0 Å². The molecule has 0 N–H and O–H groups in total. The predicted molar refractivity (Wildman–Crippen MR) is 274 cm³/mol. The van der Waals surface area contributed by atoms with Crippen LogP contribution >= 0.6 is 11.3 Å². The van der Waals surface area contributed by atoms with Crippen LogP contribution in [0.3, 0.4) is 0 Å². The van der Waals surface area contributed by atoms with Crippen LogP contribution in [0.25, 0.3) is 97.4 Å². The molecular weight excluding hydrogens is 795 g/mol. The van der Waals surface area contributed by atoms with Gasteiger partial charge in [0.15, 0.2) is 0 Å². The Morgan fingerprint density at radius 1 is 0.406 bits per heavy atom. The second kappa shape index (κ2) is 14.7. The topological polar surface area (TPSA) is 13.1 Å². The first-order valence-corrected chi connectivity index (χ1v) is 20.4. The second-order valence-electron chi connectivity index (χ2n) is 14.4. The number of nitrogens with zero attached hydrogens (tertiary/aromatic N) is 3. The zero-order chi connectivity index (χ0) is 65.6. The molecule has 0 saturated carbocycles. The van der Waals surface area contributed by atoms with Gasteiger partial charge >= 0.3 is 0 Å². The summed E-state index contributed by atoms with van der Waals surface area (Å²) in [7, 11) is 0. The zero-order valence-corrected chi connectivity index (χ0v) is 33.5. The molecule has 13 aromatic rings. The third-order valence-electron chi connectivity index (χ3n) is 11.0. The van der Waals surface area contributed by atoms with Gasteiger partial charge in [-0.3, -0.25) is 0 Å². The third kappa shape index (κ3) is 5.66. The van der Waals surface area contributed by atoms with Crippen molar-refractivity contribution in [3.63, 3.8) is 0 Å². The molecule has 0 spiro atoms. The van der Waals surface area contributed by atoms with Crippen LogP contribution in [-0.4, -0.2) is 9.13 Å². The molecule has 0 fully saturated rings. The second-order valence-corrected chi connectivity index (χ2v) is 15.5. The van der Waals surface area contributed by atoms with Crippen LogP contribution in [-0.2, 0) is 0 Å². The molecule has 0 aliphatic rings.